The van der Waals surface area contributed by atoms with Crippen LogP contribution in [0.15, 0.2) is 73.1 Å². The topological polar surface area (TPSA) is 64.9 Å². The largest absolute Gasteiger partial charge is 0.497 e. The van der Waals surface area contributed by atoms with E-state index in [1.165, 1.54) is 0 Å². The number of amides is 1. The van der Waals surface area contributed by atoms with Gasteiger partial charge in [-0.15, -0.1) is 0 Å². The molecule has 0 aliphatic carbocycles. The van der Waals surface area contributed by atoms with Crippen LogP contribution in [0.3, 0.4) is 0 Å². The summed E-state index contributed by atoms with van der Waals surface area (Å²) < 4.78 is 12.7. The minimum absolute atomic E-state index is 0.0921. The van der Waals surface area contributed by atoms with Gasteiger partial charge in [0.2, 0.25) is 0 Å². The molecule has 2 aromatic heterocycles. The molecule has 0 fully saturated rings. The summed E-state index contributed by atoms with van der Waals surface area (Å²) in [5, 5.41) is 2.92. The molecule has 0 atom stereocenters. The number of ether oxygens (including phenoxy) is 2. The number of hydrogen-bond donors (Lipinski definition) is 1. The number of anilines is 1. The Labute approximate surface area is 168 Å². The van der Waals surface area contributed by atoms with Crippen LogP contribution in [0.2, 0.25) is 0 Å². The minimum atomic E-state index is -0.233. The fourth-order valence-corrected chi connectivity index (χ4v) is 3.02. The number of aromatic nitrogens is 2. The van der Waals surface area contributed by atoms with Crippen molar-refractivity contribution in [3.05, 3.63) is 78.6 Å². The van der Waals surface area contributed by atoms with Gasteiger partial charge in [-0.3, -0.25) is 4.79 Å². The summed E-state index contributed by atoms with van der Waals surface area (Å²) >= 11 is 0. The zero-order valence-corrected chi connectivity index (χ0v) is 16.3. The van der Waals surface area contributed by atoms with Gasteiger partial charge in [0.25, 0.3) is 5.91 Å². The average molecular weight is 387 g/mol. The van der Waals surface area contributed by atoms with Crippen molar-refractivity contribution in [2.24, 2.45) is 0 Å². The quantitative estimate of drug-likeness (QED) is 0.535. The van der Waals surface area contributed by atoms with Crippen molar-refractivity contribution in [3.63, 3.8) is 0 Å². The van der Waals surface area contributed by atoms with Gasteiger partial charge in [0.05, 0.1) is 12.8 Å². The molecule has 0 radical (unpaired) electrons. The fraction of sp³-hybridized carbons (Fsp3) is 0.130. The normalized spacial score (nSPS) is 10.7. The van der Waals surface area contributed by atoms with Gasteiger partial charge in [-0.2, -0.15) is 0 Å². The van der Waals surface area contributed by atoms with Gasteiger partial charge in [0, 0.05) is 29.7 Å². The molecule has 2 aromatic carbocycles. The molecular weight excluding hydrogens is 366 g/mol. The van der Waals surface area contributed by atoms with E-state index in [9.17, 15) is 4.79 Å². The van der Waals surface area contributed by atoms with E-state index in [2.05, 4.69) is 10.3 Å². The summed E-state index contributed by atoms with van der Waals surface area (Å²) in [6.07, 6.45) is 3.93. The molecular formula is C23H21N3O3. The molecule has 0 bridgehead atoms. The molecule has 4 rings (SSSR count). The first-order chi connectivity index (χ1) is 14.1. The summed E-state index contributed by atoms with van der Waals surface area (Å²) in [6.45, 7) is 1.86. The van der Waals surface area contributed by atoms with E-state index in [0.29, 0.717) is 11.5 Å². The lowest BCUT2D eigenvalue weighted by Crippen LogP contribution is -2.20. The van der Waals surface area contributed by atoms with Crippen molar-refractivity contribution in [2.75, 3.05) is 19.0 Å². The lowest BCUT2D eigenvalue weighted by Gasteiger charge is -2.11. The van der Waals surface area contributed by atoms with E-state index >= 15 is 0 Å². The SMILES string of the molecule is COc1cccc(OCC(=O)Nc2cc(-c3cn4ccccc4n3)ccc2C)c1. The smallest absolute Gasteiger partial charge is 0.262 e. The highest BCUT2D eigenvalue weighted by molar-refractivity contribution is 5.93. The maximum Gasteiger partial charge on any atom is 0.262 e. The van der Waals surface area contributed by atoms with E-state index in [-0.39, 0.29) is 12.5 Å². The molecule has 0 aliphatic rings. The van der Waals surface area contributed by atoms with Gasteiger partial charge in [0.1, 0.15) is 17.1 Å². The number of methoxy groups -OCH3 is 1. The molecule has 6 nitrogen and oxygen atoms in total. The molecule has 0 saturated carbocycles. The number of fused-ring (bicyclic) bond motifs is 1. The summed E-state index contributed by atoms with van der Waals surface area (Å²) in [7, 11) is 1.59. The predicted molar refractivity (Wildman–Crippen MR) is 112 cm³/mol. The maximum atomic E-state index is 12.4. The van der Waals surface area contributed by atoms with Crippen LogP contribution < -0.4 is 14.8 Å². The number of rotatable bonds is 6. The van der Waals surface area contributed by atoms with E-state index in [1.807, 2.05) is 72.2 Å². The van der Waals surface area contributed by atoms with Gasteiger partial charge >= 0.3 is 0 Å². The molecule has 146 valence electrons. The number of benzene rings is 2. The van der Waals surface area contributed by atoms with Gasteiger partial charge in [-0.1, -0.05) is 24.3 Å². The summed E-state index contributed by atoms with van der Waals surface area (Å²) in [6, 6.07) is 18.9. The standard InChI is InChI=1S/C23H21N3O3/c1-16-9-10-17(21-14-26-11-4-3-8-22(26)24-21)12-20(16)25-23(27)15-29-19-7-5-6-18(13-19)28-2/h3-14H,15H2,1-2H3,(H,25,27). The van der Waals surface area contributed by atoms with Crippen LogP contribution in [0.5, 0.6) is 11.5 Å². The van der Waals surface area contributed by atoms with Gasteiger partial charge in [-0.25, -0.2) is 4.98 Å². The highest BCUT2D eigenvalue weighted by Gasteiger charge is 2.10. The van der Waals surface area contributed by atoms with Crippen LogP contribution in [0.1, 0.15) is 5.56 Å². The van der Waals surface area contributed by atoms with Crippen LogP contribution in [0, 0.1) is 6.92 Å². The van der Waals surface area contributed by atoms with E-state index < -0.39 is 0 Å². The zero-order chi connectivity index (χ0) is 20.2. The zero-order valence-electron chi connectivity index (χ0n) is 16.3. The Kier molecular flexibility index (Phi) is 5.16. The second kappa shape index (κ2) is 8.06. The molecule has 2 heterocycles. The molecule has 1 N–H and O–H groups in total. The van der Waals surface area contributed by atoms with Crippen molar-refractivity contribution in [1.82, 2.24) is 9.38 Å². The number of carbonyl (C=O) groups excluding carboxylic acids is 1. The third kappa shape index (κ3) is 4.21. The highest BCUT2D eigenvalue weighted by atomic mass is 16.5. The molecule has 1 amide bonds. The number of pyridine rings is 1. The van der Waals surface area contributed by atoms with Crippen LogP contribution in [0.25, 0.3) is 16.9 Å². The van der Waals surface area contributed by atoms with Crippen molar-refractivity contribution < 1.29 is 14.3 Å². The van der Waals surface area contributed by atoms with E-state index in [4.69, 9.17) is 9.47 Å². The Balaban J connectivity index is 1.48. The summed E-state index contributed by atoms with van der Waals surface area (Å²) in [4.78, 5) is 17.0. The molecule has 4 aromatic rings. The second-order valence-electron chi connectivity index (χ2n) is 6.64. The third-order valence-electron chi connectivity index (χ3n) is 4.58. The van der Waals surface area contributed by atoms with Crippen LogP contribution in [0.4, 0.5) is 5.69 Å². The lowest BCUT2D eigenvalue weighted by molar-refractivity contribution is -0.118. The fourth-order valence-electron chi connectivity index (χ4n) is 3.02. The van der Waals surface area contributed by atoms with Gasteiger partial charge in [-0.05, 0) is 42.8 Å². The van der Waals surface area contributed by atoms with Gasteiger partial charge < -0.3 is 19.2 Å². The number of nitrogens with one attached hydrogen (secondary N) is 1. The molecule has 0 saturated heterocycles. The second-order valence-corrected chi connectivity index (χ2v) is 6.64. The molecule has 6 heteroatoms. The number of hydrogen-bond acceptors (Lipinski definition) is 4. The number of carbonyl (C=O) groups is 1. The molecule has 29 heavy (non-hydrogen) atoms. The molecule has 0 spiro atoms. The first-order valence-corrected chi connectivity index (χ1v) is 9.24. The Morgan fingerprint density at radius 3 is 2.76 bits per heavy atom. The summed E-state index contributed by atoms with van der Waals surface area (Å²) in [5.41, 5.74) is 4.36. The molecule has 0 unspecified atom stereocenters. The van der Waals surface area contributed by atoms with Crippen molar-refractivity contribution in [2.45, 2.75) is 6.92 Å². The Morgan fingerprint density at radius 1 is 1.07 bits per heavy atom. The van der Waals surface area contributed by atoms with E-state index in [1.54, 1.807) is 19.2 Å². The minimum Gasteiger partial charge on any atom is -0.497 e. The first kappa shape index (κ1) is 18.6. The van der Waals surface area contributed by atoms with Crippen molar-refractivity contribution >= 4 is 17.2 Å². The Morgan fingerprint density at radius 2 is 1.93 bits per heavy atom. The van der Waals surface area contributed by atoms with Crippen LogP contribution >= 0.6 is 0 Å². The van der Waals surface area contributed by atoms with E-state index in [0.717, 1.165) is 28.2 Å². The third-order valence-corrected chi connectivity index (χ3v) is 4.58. The average Bonchev–Trinajstić information content (AvgIpc) is 3.18. The number of imidazole rings is 1. The maximum absolute atomic E-state index is 12.4. The number of nitrogens with zero attached hydrogens (tertiary/aromatic N) is 2. The molecule has 0 aliphatic heterocycles. The first-order valence-electron chi connectivity index (χ1n) is 9.24. The van der Waals surface area contributed by atoms with Crippen molar-refractivity contribution in [1.29, 1.82) is 0 Å². The number of aryl methyl sites for hydroxylation is 1. The monoisotopic (exact) mass is 387 g/mol. The highest BCUT2D eigenvalue weighted by Crippen LogP contribution is 2.25. The van der Waals surface area contributed by atoms with Crippen LogP contribution in [-0.4, -0.2) is 29.0 Å². The van der Waals surface area contributed by atoms with Gasteiger partial charge in [0.15, 0.2) is 6.61 Å². The Hall–Kier alpha value is -3.80. The lowest BCUT2D eigenvalue weighted by atomic mass is 10.1. The van der Waals surface area contributed by atoms with Crippen molar-refractivity contribution in [3.8, 4) is 22.8 Å². The van der Waals surface area contributed by atoms with Crippen LogP contribution in [-0.2, 0) is 4.79 Å². The Bertz CT molecular complexity index is 1130. The predicted octanol–water partition coefficient (Wildman–Crippen LogP) is 4.34. The summed E-state index contributed by atoms with van der Waals surface area (Å²) in [5.74, 6) is 1.02.